The van der Waals surface area contributed by atoms with E-state index in [2.05, 4.69) is 10.00 Å². The van der Waals surface area contributed by atoms with E-state index in [1.54, 1.807) is 4.68 Å². The highest BCUT2D eigenvalue weighted by molar-refractivity contribution is 5.86. The zero-order valence-corrected chi connectivity index (χ0v) is 12.1. The number of piperazine rings is 1. The molecule has 0 bridgehead atoms. The van der Waals surface area contributed by atoms with Gasteiger partial charge in [-0.25, -0.2) is 0 Å². The van der Waals surface area contributed by atoms with Gasteiger partial charge in [-0.15, -0.1) is 0 Å². The monoisotopic (exact) mass is 277 g/mol. The number of rotatable bonds is 2. The third kappa shape index (κ3) is 2.40. The van der Waals surface area contributed by atoms with Crippen LogP contribution in [0.5, 0.6) is 0 Å². The maximum atomic E-state index is 12.5. The van der Waals surface area contributed by atoms with Crippen molar-refractivity contribution in [2.24, 2.45) is 12.8 Å². The highest BCUT2D eigenvalue weighted by Crippen LogP contribution is 2.29. The number of hydrogen-bond donors (Lipinski definition) is 1. The van der Waals surface area contributed by atoms with E-state index in [9.17, 15) is 4.79 Å². The van der Waals surface area contributed by atoms with Gasteiger partial charge in [0.05, 0.1) is 17.4 Å². The number of carbonyl (C=O) groups excluding carboxylic acids is 1. The van der Waals surface area contributed by atoms with Crippen LogP contribution >= 0.6 is 0 Å². The van der Waals surface area contributed by atoms with Crippen molar-refractivity contribution in [1.82, 2.24) is 14.7 Å². The van der Waals surface area contributed by atoms with Crippen molar-refractivity contribution in [3.05, 3.63) is 12.4 Å². The van der Waals surface area contributed by atoms with Crippen molar-refractivity contribution >= 4 is 11.6 Å². The molecule has 1 aliphatic heterocycles. The Bertz CT molecular complexity index is 484. The van der Waals surface area contributed by atoms with E-state index in [0.717, 1.165) is 57.5 Å². The third-order valence-corrected chi connectivity index (χ3v) is 4.54. The maximum Gasteiger partial charge on any atom is 0.242 e. The summed E-state index contributed by atoms with van der Waals surface area (Å²) in [6, 6.07) is 0. The average Bonchev–Trinajstić information content (AvgIpc) is 3.08. The van der Waals surface area contributed by atoms with Crippen LogP contribution in [0.1, 0.15) is 25.7 Å². The van der Waals surface area contributed by atoms with E-state index in [1.807, 2.05) is 24.3 Å². The summed E-state index contributed by atoms with van der Waals surface area (Å²) in [6.45, 7) is 3.22. The van der Waals surface area contributed by atoms with Crippen LogP contribution in [-0.2, 0) is 11.8 Å². The Hall–Kier alpha value is -1.56. The molecule has 0 aromatic carbocycles. The van der Waals surface area contributed by atoms with Gasteiger partial charge in [-0.05, 0) is 12.8 Å². The minimum Gasteiger partial charge on any atom is -0.365 e. The fraction of sp³-hybridized carbons (Fsp3) is 0.714. The van der Waals surface area contributed by atoms with Crippen LogP contribution in [0.15, 0.2) is 12.4 Å². The standard InChI is InChI=1S/C14H23N5O/c1-17-11-12(10-16-17)18-6-8-19(9-7-18)13(20)14(15)4-2-3-5-14/h10-11H,2-9,15H2,1H3. The lowest BCUT2D eigenvalue weighted by molar-refractivity contribution is -0.137. The SMILES string of the molecule is Cn1cc(N2CCN(C(=O)C3(N)CCCC3)CC2)cn1. The molecule has 1 aromatic heterocycles. The number of aryl methyl sites for hydroxylation is 1. The van der Waals surface area contributed by atoms with E-state index in [4.69, 9.17) is 5.73 Å². The van der Waals surface area contributed by atoms with Crippen LogP contribution in [0, 0.1) is 0 Å². The molecule has 1 saturated heterocycles. The molecule has 0 unspecified atom stereocenters. The summed E-state index contributed by atoms with van der Waals surface area (Å²) in [7, 11) is 1.92. The smallest absolute Gasteiger partial charge is 0.242 e. The molecule has 2 N–H and O–H groups in total. The minimum absolute atomic E-state index is 0.154. The third-order valence-electron chi connectivity index (χ3n) is 4.54. The molecule has 110 valence electrons. The van der Waals surface area contributed by atoms with E-state index >= 15 is 0 Å². The van der Waals surface area contributed by atoms with Crippen molar-refractivity contribution in [2.45, 2.75) is 31.2 Å². The van der Waals surface area contributed by atoms with Crippen molar-refractivity contribution < 1.29 is 4.79 Å². The second-order valence-corrected chi connectivity index (χ2v) is 6.01. The van der Waals surface area contributed by atoms with Gasteiger partial charge in [0, 0.05) is 39.4 Å². The van der Waals surface area contributed by atoms with Crippen molar-refractivity contribution in [2.75, 3.05) is 31.1 Å². The van der Waals surface area contributed by atoms with Crippen LogP contribution in [-0.4, -0.2) is 52.3 Å². The zero-order chi connectivity index (χ0) is 14.2. The molecular weight excluding hydrogens is 254 g/mol. The number of carbonyl (C=O) groups is 1. The molecule has 2 heterocycles. The Morgan fingerprint density at radius 1 is 1.25 bits per heavy atom. The first kappa shape index (κ1) is 13.4. The van der Waals surface area contributed by atoms with E-state index < -0.39 is 5.54 Å². The van der Waals surface area contributed by atoms with Crippen LogP contribution < -0.4 is 10.6 Å². The van der Waals surface area contributed by atoms with Gasteiger partial charge in [0.15, 0.2) is 0 Å². The molecule has 1 aromatic rings. The summed E-state index contributed by atoms with van der Waals surface area (Å²) in [4.78, 5) is 16.8. The van der Waals surface area contributed by atoms with Gasteiger partial charge in [0.2, 0.25) is 5.91 Å². The number of aromatic nitrogens is 2. The Kier molecular flexibility index (Phi) is 3.41. The second kappa shape index (κ2) is 5.09. The fourth-order valence-corrected chi connectivity index (χ4v) is 3.27. The molecule has 0 spiro atoms. The molecule has 1 saturated carbocycles. The molecule has 20 heavy (non-hydrogen) atoms. The van der Waals surface area contributed by atoms with Crippen LogP contribution in [0.3, 0.4) is 0 Å². The summed E-state index contributed by atoms with van der Waals surface area (Å²) in [5.41, 5.74) is 6.81. The first-order valence-electron chi connectivity index (χ1n) is 7.40. The lowest BCUT2D eigenvalue weighted by atomic mass is 9.97. The van der Waals surface area contributed by atoms with Gasteiger partial charge in [-0.2, -0.15) is 5.10 Å². The summed E-state index contributed by atoms with van der Waals surface area (Å²) in [5, 5.41) is 4.19. The topological polar surface area (TPSA) is 67.4 Å². The van der Waals surface area contributed by atoms with Crippen molar-refractivity contribution in [1.29, 1.82) is 0 Å². The van der Waals surface area contributed by atoms with Gasteiger partial charge in [-0.3, -0.25) is 9.48 Å². The number of nitrogens with zero attached hydrogens (tertiary/aromatic N) is 4. The summed E-state index contributed by atoms with van der Waals surface area (Å²) in [6.07, 6.45) is 7.73. The lowest BCUT2D eigenvalue weighted by Crippen LogP contribution is -2.58. The molecule has 6 heteroatoms. The molecule has 2 aliphatic rings. The lowest BCUT2D eigenvalue weighted by Gasteiger charge is -2.38. The normalized spacial score (nSPS) is 22.3. The van der Waals surface area contributed by atoms with Gasteiger partial charge in [0.25, 0.3) is 0 Å². The molecule has 1 amide bonds. The minimum atomic E-state index is -0.587. The van der Waals surface area contributed by atoms with E-state index in [0.29, 0.717) is 0 Å². The van der Waals surface area contributed by atoms with E-state index in [-0.39, 0.29) is 5.91 Å². The average molecular weight is 277 g/mol. The van der Waals surface area contributed by atoms with Crippen LogP contribution in [0.4, 0.5) is 5.69 Å². The molecule has 2 fully saturated rings. The highest BCUT2D eigenvalue weighted by atomic mass is 16.2. The number of amides is 1. The van der Waals surface area contributed by atoms with Crippen molar-refractivity contribution in [3.63, 3.8) is 0 Å². The first-order chi connectivity index (χ1) is 9.58. The van der Waals surface area contributed by atoms with Crippen LogP contribution in [0.25, 0.3) is 0 Å². The molecule has 6 nitrogen and oxygen atoms in total. The number of hydrogen-bond acceptors (Lipinski definition) is 4. The predicted octanol–water partition coefficient (Wildman–Crippen LogP) is 0.340. The molecule has 1 aliphatic carbocycles. The summed E-state index contributed by atoms with van der Waals surface area (Å²) >= 11 is 0. The molecule has 0 atom stereocenters. The summed E-state index contributed by atoms with van der Waals surface area (Å²) in [5.74, 6) is 0.154. The van der Waals surface area contributed by atoms with Gasteiger partial charge < -0.3 is 15.5 Å². The Balaban J connectivity index is 1.59. The van der Waals surface area contributed by atoms with Gasteiger partial charge in [-0.1, -0.05) is 12.8 Å². The summed E-state index contributed by atoms with van der Waals surface area (Å²) < 4.78 is 1.81. The number of anilines is 1. The highest BCUT2D eigenvalue weighted by Gasteiger charge is 2.40. The van der Waals surface area contributed by atoms with E-state index in [1.165, 1.54) is 0 Å². The zero-order valence-electron chi connectivity index (χ0n) is 12.1. The van der Waals surface area contributed by atoms with Crippen molar-refractivity contribution in [3.8, 4) is 0 Å². The second-order valence-electron chi connectivity index (χ2n) is 6.01. The predicted molar refractivity (Wildman–Crippen MR) is 77.4 cm³/mol. The van der Waals surface area contributed by atoms with Gasteiger partial charge >= 0.3 is 0 Å². The quantitative estimate of drug-likeness (QED) is 0.846. The Morgan fingerprint density at radius 3 is 2.45 bits per heavy atom. The molecule has 3 rings (SSSR count). The first-order valence-corrected chi connectivity index (χ1v) is 7.40. The Morgan fingerprint density at radius 2 is 1.90 bits per heavy atom. The fourth-order valence-electron chi connectivity index (χ4n) is 3.27. The molecular formula is C14H23N5O. The van der Waals surface area contributed by atoms with Gasteiger partial charge in [0.1, 0.15) is 0 Å². The molecule has 0 radical (unpaired) electrons. The Labute approximate surface area is 119 Å². The number of nitrogens with two attached hydrogens (primary N) is 1. The largest absolute Gasteiger partial charge is 0.365 e. The van der Waals surface area contributed by atoms with Crippen LogP contribution in [0.2, 0.25) is 0 Å². The maximum absolute atomic E-state index is 12.5.